The van der Waals surface area contributed by atoms with Crippen LogP contribution in [0.5, 0.6) is 0 Å². The van der Waals surface area contributed by atoms with Gasteiger partial charge in [0.05, 0.1) is 11.7 Å². The minimum Gasteiger partial charge on any atom is -0.388 e. The molecule has 94 valence electrons. The molecule has 1 aromatic rings. The van der Waals surface area contributed by atoms with E-state index in [2.05, 4.69) is 17.4 Å². The normalized spacial score (nSPS) is 29.2. The van der Waals surface area contributed by atoms with Crippen molar-refractivity contribution in [2.24, 2.45) is 0 Å². The number of rotatable bonds is 4. The van der Waals surface area contributed by atoms with E-state index in [1.165, 1.54) is 5.56 Å². The molecule has 0 bridgehead atoms. The Labute approximate surface area is 103 Å². The molecule has 0 spiro atoms. The van der Waals surface area contributed by atoms with Crippen LogP contribution in [0.3, 0.4) is 0 Å². The van der Waals surface area contributed by atoms with E-state index in [1.807, 2.05) is 25.1 Å². The van der Waals surface area contributed by atoms with Gasteiger partial charge >= 0.3 is 0 Å². The minimum atomic E-state index is -0.605. The van der Waals surface area contributed by atoms with Gasteiger partial charge in [0.15, 0.2) is 0 Å². The minimum absolute atomic E-state index is 0.160. The van der Waals surface area contributed by atoms with Crippen LogP contribution in [0.4, 0.5) is 0 Å². The third kappa shape index (κ3) is 3.80. The largest absolute Gasteiger partial charge is 0.388 e. The van der Waals surface area contributed by atoms with E-state index >= 15 is 0 Å². The lowest BCUT2D eigenvalue weighted by atomic mass is 9.91. The second-order valence-corrected chi connectivity index (χ2v) is 4.95. The van der Waals surface area contributed by atoms with Gasteiger partial charge in [0.2, 0.25) is 0 Å². The van der Waals surface area contributed by atoms with Crippen molar-refractivity contribution in [3.63, 3.8) is 0 Å². The van der Waals surface area contributed by atoms with E-state index in [4.69, 9.17) is 4.74 Å². The van der Waals surface area contributed by atoms with E-state index in [0.29, 0.717) is 13.2 Å². The van der Waals surface area contributed by atoms with Crippen molar-refractivity contribution in [3.8, 4) is 0 Å². The van der Waals surface area contributed by atoms with Crippen LogP contribution in [-0.4, -0.2) is 30.0 Å². The molecule has 1 aromatic carbocycles. The zero-order chi connectivity index (χ0) is 12.1. The summed E-state index contributed by atoms with van der Waals surface area (Å²) in [5.41, 5.74) is 0.642. The Kier molecular flexibility index (Phi) is 4.15. The van der Waals surface area contributed by atoms with Gasteiger partial charge in [0, 0.05) is 32.5 Å². The lowest BCUT2D eigenvalue weighted by Gasteiger charge is -2.35. The molecule has 0 aromatic heterocycles. The molecule has 3 heteroatoms. The van der Waals surface area contributed by atoms with Crippen LogP contribution in [0.1, 0.15) is 25.3 Å². The number of hydrogen-bond acceptors (Lipinski definition) is 3. The van der Waals surface area contributed by atoms with E-state index < -0.39 is 5.60 Å². The van der Waals surface area contributed by atoms with Gasteiger partial charge in [-0.15, -0.1) is 0 Å². The Morgan fingerprint density at radius 3 is 2.88 bits per heavy atom. The summed E-state index contributed by atoms with van der Waals surface area (Å²) in [5, 5.41) is 13.7. The zero-order valence-corrected chi connectivity index (χ0v) is 10.4. The molecule has 2 rings (SSSR count). The lowest BCUT2D eigenvalue weighted by molar-refractivity contribution is -0.0951. The molecule has 1 aliphatic rings. The third-order valence-corrected chi connectivity index (χ3v) is 3.26. The quantitative estimate of drug-likeness (QED) is 0.834. The maximum atomic E-state index is 10.4. The maximum absolute atomic E-state index is 10.4. The lowest BCUT2D eigenvalue weighted by Crippen LogP contribution is -2.47. The number of hydrogen-bond donors (Lipinski definition) is 2. The van der Waals surface area contributed by atoms with Crippen LogP contribution in [0.25, 0.3) is 0 Å². The molecule has 0 radical (unpaired) electrons. The van der Waals surface area contributed by atoms with Crippen molar-refractivity contribution in [3.05, 3.63) is 35.9 Å². The highest BCUT2D eigenvalue weighted by molar-refractivity contribution is 5.14. The van der Waals surface area contributed by atoms with E-state index in [9.17, 15) is 5.11 Å². The standard InChI is InChI=1S/C14H21NO2/c1-12-9-14(16,7-8-17-12)11-15-10-13-5-3-2-4-6-13/h2-6,12,15-16H,7-11H2,1H3/t12-,14+/m0/s1. The summed E-state index contributed by atoms with van der Waals surface area (Å²) >= 11 is 0. The van der Waals surface area contributed by atoms with E-state index in [0.717, 1.165) is 19.4 Å². The molecule has 2 N–H and O–H groups in total. The predicted octanol–water partition coefficient (Wildman–Crippen LogP) is 1.71. The Morgan fingerprint density at radius 1 is 1.41 bits per heavy atom. The number of benzene rings is 1. The Hall–Kier alpha value is -0.900. The Morgan fingerprint density at radius 2 is 2.18 bits per heavy atom. The molecule has 1 heterocycles. The topological polar surface area (TPSA) is 41.5 Å². The van der Waals surface area contributed by atoms with Crippen molar-refractivity contribution in [1.29, 1.82) is 0 Å². The van der Waals surface area contributed by atoms with Gasteiger partial charge in [-0.1, -0.05) is 30.3 Å². The van der Waals surface area contributed by atoms with Gasteiger partial charge < -0.3 is 15.2 Å². The average Bonchev–Trinajstić information content (AvgIpc) is 2.30. The van der Waals surface area contributed by atoms with Gasteiger partial charge in [-0.3, -0.25) is 0 Å². The van der Waals surface area contributed by atoms with Gasteiger partial charge in [-0.2, -0.15) is 0 Å². The van der Waals surface area contributed by atoms with E-state index in [1.54, 1.807) is 0 Å². The first-order valence-electron chi connectivity index (χ1n) is 6.27. The average molecular weight is 235 g/mol. The van der Waals surface area contributed by atoms with Gasteiger partial charge in [-0.25, -0.2) is 0 Å². The summed E-state index contributed by atoms with van der Waals surface area (Å²) in [4.78, 5) is 0. The predicted molar refractivity (Wildman–Crippen MR) is 67.7 cm³/mol. The molecule has 17 heavy (non-hydrogen) atoms. The van der Waals surface area contributed by atoms with Crippen LogP contribution in [0.2, 0.25) is 0 Å². The molecule has 1 saturated heterocycles. The summed E-state index contributed by atoms with van der Waals surface area (Å²) in [6.45, 7) is 4.11. The fourth-order valence-corrected chi connectivity index (χ4v) is 2.34. The van der Waals surface area contributed by atoms with Crippen molar-refractivity contribution < 1.29 is 9.84 Å². The highest BCUT2D eigenvalue weighted by Gasteiger charge is 2.32. The summed E-state index contributed by atoms with van der Waals surface area (Å²) < 4.78 is 5.45. The number of nitrogens with one attached hydrogen (secondary N) is 1. The highest BCUT2D eigenvalue weighted by Crippen LogP contribution is 2.23. The van der Waals surface area contributed by atoms with Crippen molar-refractivity contribution in [1.82, 2.24) is 5.32 Å². The first-order chi connectivity index (χ1) is 8.18. The van der Waals surface area contributed by atoms with E-state index in [-0.39, 0.29) is 6.10 Å². The van der Waals surface area contributed by atoms with Crippen LogP contribution >= 0.6 is 0 Å². The van der Waals surface area contributed by atoms with Crippen molar-refractivity contribution in [2.75, 3.05) is 13.2 Å². The number of ether oxygens (including phenoxy) is 1. The molecule has 0 aliphatic carbocycles. The third-order valence-electron chi connectivity index (χ3n) is 3.26. The summed E-state index contributed by atoms with van der Waals surface area (Å²) in [6, 6.07) is 10.2. The van der Waals surface area contributed by atoms with Gasteiger partial charge in [-0.05, 0) is 12.5 Å². The monoisotopic (exact) mass is 235 g/mol. The first-order valence-corrected chi connectivity index (χ1v) is 6.27. The molecule has 0 unspecified atom stereocenters. The summed E-state index contributed by atoms with van der Waals surface area (Å²) in [7, 11) is 0. The smallest absolute Gasteiger partial charge is 0.0818 e. The second-order valence-electron chi connectivity index (χ2n) is 4.95. The fourth-order valence-electron chi connectivity index (χ4n) is 2.34. The van der Waals surface area contributed by atoms with Gasteiger partial charge in [0.1, 0.15) is 0 Å². The van der Waals surface area contributed by atoms with Crippen LogP contribution in [0, 0.1) is 0 Å². The van der Waals surface area contributed by atoms with Crippen LogP contribution in [-0.2, 0) is 11.3 Å². The molecule has 1 aliphatic heterocycles. The second kappa shape index (κ2) is 5.63. The Bertz CT molecular complexity index is 341. The zero-order valence-electron chi connectivity index (χ0n) is 10.4. The highest BCUT2D eigenvalue weighted by atomic mass is 16.5. The summed E-state index contributed by atoms with van der Waals surface area (Å²) in [6.07, 6.45) is 1.60. The number of aliphatic hydroxyl groups is 1. The molecule has 3 nitrogen and oxygen atoms in total. The van der Waals surface area contributed by atoms with Crippen LogP contribution in [0.15, 0.2) is 30.3 Å². The summed E-state index contributed by atoms with van der Waals surface area (Å²) in [5.74, 6) is 0. The van der Waals surface area contributed by atoms with Crippen molar-refractivity contribution >= 4 is 0 Å². The Balaban J connectivity index is 1.78. The molecular weight excluding hydrogens is 214 g/mol. The SMILES string of the molecule is C[C@H]1C[C@@](O)(CNCc2ccccc2)CCO1. The van der Waals surface area contributed by atoms with Crippen molar-refractivity contribution in [2.45, 2.75) is 38.0 Å². The molecule has 2 atom stereocenters. The molecular formula is C14H21NO2. The maximum Gasteiger partial charge on any atom is 0.0818 e. The molecule has 0 saturated carbocycles. The fraction of sp³-hybridized carbons (Fsp3) is 0.571. The van der Waals surface area contributed by atoms with Gasteiger partial charge in [0.25, 0.3) is 0 Å². The van der Waals surface area contributed by atoms with Crippen LogP contribution < -0.4 is 5.32 Å². The molecule has 1 fully saturated rings. The molecule has 0 amide bonds. The first kappa shape index (κ1) is 12.6.